The van der Waals surface area contributed by atoms with Crippen molar-refractivity contribution < 1.29 is 39.4 Å². The fraction of sp³-hybridized carbons (Fsp3) is 0.850. The molecule has 1 rings (SSSR count). The Morgan fingerprint density at radius 1 is 0.625 bits per heavy atom. The molecule has 2 N–H and O–H groups in total. The lowest BCUT2D eigenvalue weighted by Gasteiger charge is -2.27. The van der Waals surface area contributed by atoms with E-state index in [1.54, 1.807) is 0 Å². The molecule has 3 unspecified atom stereocenters. The molecule has 0 aromatic heterocycles. The summed E-state index contributed by atoms with van der Waals surface area (Å²) < 4.78 is 0. The van der Waals surface area contributed by atoms with Crippen molar-refractivity contribution in [2.45, 2.75) is 207 Å². The molecule has 8 nitrogen and oxygen atoms in total. The van der Waals surface area contributed by atoms with Crippen LogP contribution in [0.25, 0.3) is 0 Å². The van der Waals surface area contributed by atoms with Gasteiger partial charge >= 0.3 is 17.7 Å². The smallest absolute Gasteiger partial charge is 0.393 e. The minimum atomic E-state index is -1.47. The Labute approximate surface area is 293 Å². The largest absolute Gasteiger partial charge is 0.420 e. The Hall–Kier alpha value is -1.74. The van der Waals surface area contributed by atoms with Crippen LogP contribution < -0.4 is 0 Å². The maximum absolute atomic E-state index is 12.9. The number of hydrogen-bond acceptors (Lipinski definition) is 8. The quantitative estimate of drug-likeness (QED) is 0.0253. The second kappa shape index (κ2) is 27.0. The molecule has 0 saturated carbocycles. The van der Waals surface area contributed by atoms with Crippen LogP contribution in [0.2, 0.25) is 0 Å². The van der Waals surface area contributed by atoms with Crippen LogP contribution in [-0.2, 0) is 29.1 Å². The molecular formula is C40H72O8. The number of rotatable bonds is 30. The van der Waals surface area contributed by atoms with Gasteiger partial charge in [-0.05, 0) is 69.6 Å². The van der Waals surface area contributed by atoms with E-state index in [0.717, 1.165) is 103 Å². The summed E-state index contributed by atoms with van der Waals surface area (Å²) in [7, 11) is 0. The van der Waals surface area contributed by atoms with Crippen molar-refractivity contribution in [3.05, 3.63) is 24.3 Å². The standard InChI is InChI=1S/C40H72O8/c1-6-8-10-22-28-34(41)30-24-18-14-12-16-20-26-32-36(39(3,4)5)37(43)45-46-38(44)40(47-48-40)33-27-21-17-13-15-19-25-31-35(42)29-23-11-9-7-2/h18-19,24-25,34-36,41-42H,6-17,20-23,26-33H2,1-5H3/b24-18-,25-19-. The topological polar surface area (TPSA) is 118 Å². The lowest BCUT2D eigenvalue weighted by molar-refractivity contribution is -0.269. The Balaban J connectivity index is 2.20. The fourth-order valence-electron chi connectivity index (χ4n) is 5.94. The predicted octanol–water partition coefficient (Wildman–Crippen LogP) is 10.5. The average molecular weight is 681 g/mol. The number of allylic oxidation sites excluding steroid dienone is 2. The van der Waals surface area contributed by atoms with E-state index < -0.39 is 23.6 Å². The van der Waals surface area contributed by atoms with E-state index >= 15 is 0 Å². The maximum atomic E-state index is 12.9. The minimum Gasteiger partial charge on any atom is -0.393 e. The first-order chi connectivity index (χ1) is 23.1. The highest BCUT2D eigenvalue weighted by Crippen LogP contribution is 2.37. The SMILES string of the molecule is CCCCCCC(O)C/C=C\CCCCCCC(C(=O)OOC(=O)C1(CCCCCC/C=C\CC(O)CCCCCC)OO1)C(C)(C)C. The third-order valence-electron chi connectivity index (χ3n) is 9.30. The molecule has 0 spiro atoms. The van der Waals surface area contributed by atoms with Crippen LogP contribution in [0.3, 0.4) is 0 Å². The van der Waals surface area contributed by atoms with Crippen molar-refractivity contribution in [1.82, 2.24) is 0 Å². The van der Waals surface area contributed by atoms with Gasteiger partial charge in [-0.2, -0.15) is 9.78 Å². The summed E-state index contributed by atoms with van der Waals surface area (Å²) in [4.78, 5) is 45.5. The monoisotopic (exact) mass is 681 g/mol. The molecule has 0 amide bonds. The molecular weight excluding hydrogens is 608 g/mol. The number of hydrogen-bond donors (Lipinski definition) is 2. The summed E-state index contributed by atoms with van der Waals surface area (Å²) in [5.41, 5.74) is -0.336. The summed E-state index contributed by atoms with van der Waals surface area (Å²) in [5.74, 6) is -3.23. The van der Waals surface area contributed by atoms with Crippen LogP contribution in [0.1, 0.15) is 189 Å². The van der Waals surface area contributed by atoms with Crippen molar-refractivity contribution in [3.63, 3.8) is 0 Å². The molecule has 3 atom stereocenters. The molecule has 8 heteroatoms. The first-order valence-electron chi connectivity index (χ1n) is 19.5. The van der Waals surface area contributed by atoms with Gasteiger partial charge in [-0.25, -0.2) is 19.4 Å². The Kier molecular flexibility index (Phi) is 24.9. The number of unbranched alkanes of at least 4 members (excludes halogenated alkanes) is 14. The van der Waals surface area contributed by atoms with Crippen LogP contribution in [0.15, 0.2) is 24.3 Å². The molecule has 0 aromatic rings. The fourth-order valence-corrected chi connectivity index (χ4v) is 5.94. The summed E-state index contributed by atoms with van der Waals surface area (Å²) >= 11 is 0. The summed E-state index contributed by atoms with van der Waals surface area (Å²) in [5, 5.41) is 20.1. The molecule has 1 aliphatic rings. The number of carbonyl (C=O) groups excluding carboxylic acids is 2. The summed E-state index contributed by atoms with van der Waals surface area (Å²) in [6.07, 6.45) is 31.5. The first kappa shape index (κ1) is 44.3. The molecule has 0 aromatic carbocycles. The van der Waals surface area contributed by atoms with Gasteiger partial charge in [0.2, 0.25) is 0 Å². The van der Waals surface area contributed by atoms with Gasteiger partial charge in [0.1, 0.15) is 0 Å². The van der Waals surface area contributed by atoms with E-state index in [0.29, 0.717) is 12.8 Å². The van der Waals surface area contributed by atoms with E-state index in [1.165, 1.54) is 38.5 Å². The summed E-state index contributed by atoms with van der Waals surface area (Å²) in [6.45, 7) is 10.4. The number of aliphatic hydroxyl groups is 2. The maximum Gasteiger partial charge on any atom is 0.420 e. The lowest BCUT2D eigenvalue weighted by atomic mass is 9.78. The molecule has 0 radical (unpaired) electrons. The van der Waals surface area contributed by atoms with Crippen molar-refractivity contribution in [1.29, 1.82) is 0 Å². The van der Waals surface area contributed by atoms with Crippen LogP contribution in [-0.4, -0.2) is 40.1 Å². The van der Waals surface area contributed by atoms with Crippen LogP contribution in [0, 0.1) is 11.3 Å². The molecule has 0 aliphatic carbocycles. The van der Waals surface area contributed by atoms with E-state index in [9.17, 15) is 19.8 Å². The van der Waals surface area contributed by atoms with Crippen LogP contribution in [0.4, 0.5) is 0 Å². The van der Waals surface area contributed by atoms with Crippen LogP contribution >= 0.6 is 0 Å². The Morgan fingerprint density at radius 3 is 1.56 bits per heavy atom. The highest BCUT2D eigenvalue weighted by molar-refractivity contribution is 5.80. The zero-order chi connectivity index (χ0) is 35.5. The Bertz CT molecular complexity index is 873. The van der Waals surface area contributed by atoms with Gasteiger partial charge in [-0.3, -0.25) is 0 Å². The minimum absolute atomic E-state index is 0.230. The second-order valence-corrected chi connectivity index (χ2v) is 15.0. The third-order valence-corrected chi connectivity index (χ3v) is 9.30. The lowest BCUT2D eigenvalue weighted by Crippen LogP contribution is -2.33. The number of aliphatic hydroxyl groups excluding tert-OH is 2. The molecule has 280 valence electrons. The summed E-state index contributed by atoms with van der Waals surface area (Å²) in [6, 6.07) is 0. The average Bonchev–Trinajstić information content (AvgIpc) is 3.84. The normalized spacial score (nSPS) is 16.3. The van der Waals surface area contributed by atoms with E-state index in [2.05, 4.69) is 38.2 Å². The highest BCUT2D eigenvalue weighted by atomic mass is 17.4. The zero-order valence-electron chi connectivity index (χ0n) is 31.4. The van der Waals surface area contributed by atoms with Gasteiger partial charge in [0.15, 0.2) is 0 Å². The highest BCUT2D eigenvalue weighted by Gasteiger charge is 2.59. The van der Waals surface area contributed by atoms with Crippen molar-refractivity contribution >= 4 is 11.9 Å². The first-order valence-corrected chi connectivity index (χ1v) is 19.5. The van der Waals surface area contributed by atoms with E-state index in [1.807, 2.05) is 20.8 Å². The van der Waals surface area contributed by atoms with Gasteiger partial charge in [-0.1, -0.05) is 142 Å². The Morgan fingerprint density at radius 2 is 1.08 bits per heavy atom. The van der Waals surface area contributed by atoms with Crippen molar-refractivity contribution in [3.8, 4) is 0 Å². The van der Waals surface area contributed by atoms with Gasteiger partial charge in [0.25, 0.3) is 0 Å². The van der Waals surface area contributed by atoms with Gasteiger partial charge in [-0.15, -0.1) is 0 Å². The molecule has 0 bridgehead atoms. The molecule has 1 aliphatic heterocycles. The molecule has 1 heterocycles. The molecule has 1 fully saturated rings. The number of carbonyl (C=O) groups is 2. The predicted molar refractivity (Wildman–Crippen MR) is 192 cm³/mol. The van der Waals surface area contributed by atoms with E-state index in [4.69, 9.17) is 19.6 Å². The van der Waals surface area contributed by atoms with Crippen LogP contribution in [0.5, 0.6) is 0 Å². The second-order valence-electron chi connectivity index (χ2n) is 15.0. The van der Waals surface area contributed by atoms with Gasteiger partial charge < -0.3 is 10.2 Å². The molecule has 1 saturated heterocycles. The van der Waals surface area contributed by atoms with Gasteiger partial charge in [0, 0.05) is 6.42 Å². The van der Waals surface area contributed by atoms with Crippen molar-refractivity contribution in [2.24, 2.45) is 11.3 Å². The van der Waals surface area contributed by atoms with Gasteiger partial charge in [0.05, 0.1) is 18.1 Å². The molecule has 48 heavy (non-hydrogen) atoms. The van der Waals surface area contributed by atoms with E-state index in [-0.39, 0.29) is 17.6 Å². The zero-order valence-corrected chi connectivity index (χ0v) is 31.4. The van der Waals surface area contributed by atoms with Crippen molar-refractivity contribution in [2.75, 3.05) is 0 Å². The third kappa shape index (κ3) is 22.1.